The predicted octanol–water partition coefficient (Wildman–Crippen LogP) is 2.33. The SMILES string of the molecule is Nc1sc(C2CC3CCC2C3)nc1C(=O)O. The van der Waals surface area contributed by atoms with E-state index in [1.54, 1.807) is 0 Å². The van der Waals surface area contributed by atoms with Gasteiger partial charge in [-0.3, -0.25) is 0 Å². The molecule has 1 aromatic heterocycles. The fourth-order valence-corrected chi connectivity index (χ4v) is 4.24. The highest BCUT2D eigenvalue weighted by molar-refractivity contribution is 7.16. The van der Waals surface area contributed by atoms with E-state index in [1.165, 1.54) is 37.0 Å². The summed E-state index contributed by atoms with van der Waals surface area (Å²) in [4.78, 5) is 15.1. The lowest BCUT2D eigenvalue weighted by molar-refractivity contribution is 0.0692. The maximum Gasteiger partial charge on any atom is 0.357 e. The minimum Gasteiger partial charge on any atom is -0.476 e. The molecule has 5 heteroatoms. The minimum atomic E-state index is -1.01. The Hall–Kier alpha value is -1.10. The Labute approximate surface area is 97.5 Å². The molecule has 3 atom stereocenters. The van der Waals surface area contributed by atoms with Gasteiger partial charge in [0.1, 0.15) is 5.00 Å². The van der Waals surface area contributed by atoms with Gasteiger partial charge in [-0.25, -0.2) is 9.78 Å². The van der Waals surface area contributed by atoms with E-state index in [4.69, 9.17) is 10.8 Å². The lowest BCUT2D eigenvalue weighted by Crippen LogP contribution is -2.08. The van der Waals surface area contributed by atoms with Gasteiger partial charge in [-0.15, -0.1) is 11.3 Å². The lowest BCUT2D eigenvalue weighted by atomic mass is 9.89. The van der Waals surface area contributed by atoms with Crippen LogP contribution in [0.1, 0.15) is 47.1 Å². The molecule has 0 saturated heterocycles. The number of anilines is 1. The van der Waals surface area contributed by atoms with E-state index in [2.05, 4.69) is 4.98 Å². The Balaban J connectivity index is 1.90. The fourth-order valence-electron chi connectivity index (χ4n) is 3.21. The van der Waals surface area contributed by atoms with E-state index in [9.17, 15) is 4.79 Å². The van der Waals surface area contributed by atoms with E-state index in [-0.39, 0.29) is 5.69 Å². The normalized spacial score (nSPS) is 32.1. The molecule has 16 heavy (non-hydrogen) atoms. The van der Waals surface area contributed by atoms with Crippen LogP contribution in [0.5, 0.6) is 0 Å². The van der Waals surface area contributed by atoms with Gasteiger partial charge in [0.05, 0.1) is 5.01 Å². The Bertz CT molecular complexity index is 443. The number of aromatic carboxylic acids is 1. The average molecular weight is 238 g/mol. The second kappa shape index (κ2) is 3.45. The number of nitrogens with zero attached hydrogens (tertiary/aromatic N) is 1. The Kier molecular flexibility index (Phi) is 2.17. The van der Waals surface area contributed by atoms with Gasteiger partial charge in [-0.2, -0.15) is 0 Å². The number of rotatable bonds is 2. The van der Waals surface area contributed by atoms with Crippen molar-refractivity contribution in [2.45, 2.75) is 31.6 Å². The summed E-state index contributed by atoms with van der Waals surface area (Å²) in [5.74, 6) is 1.02. The number of carboxylic acids is 1. The van der Waals surface area contributed by atoms with Crippen LogP contribution in [-0.2, 0) is 0 Å². The van der Waals surface area contributed by atoms with Crippen molar-refractivity contribution in [3.8, 4) is 0 Å². The molecule has 0 spiro atoms. The molecule has 2 fully saturated rings. The molecule has 3 N–H and O–H groups in total. The van der Waals surface area contributed by atoms with Crippen LogP contribution in [0.15, 0.2) is 0 Å². The second-order valence-corrected chi connectivity index (χ2v) is 5.91. The number of fused-ring (bicyclic) bond motifs is 2. The third-order valence-corrected chi connectivity index (χ3v) is 4.94. The van der Waals surface area contributed by atoms with Crippen LogP contribution in [0.3, 0.4) is 0 Å². The molecule has 86 valence electrons. The highest BCUT2D eigenvalue weighted by Crippen LogP contribution is 2.53. The first-order chi connectivity index (χ1) is 7.65. The first-order valence-corrected chi connectivity index (χ1v) is 6.46. The van der Waals surface area contributed by atoms with Crippen LogP contribution in [0.2, 0.25) is 0 Å². The largest absolute Gasteiger partial charge is 0.476 e. The number of nitrogens with two attached hydrogens (primary N) is 1. The van der Waals surface area contributed by atoms with E-state index < -0.39 is 5.97 Å². The number of hydrogen-bond donors (Lipinski definition) is 2. The number of carbonyl (C=O) groups is 1. The van der Waals surface area contributed by atoms with Crippen molar-refractivity contribution < 1.29 is 9.90 Å². The third-order valence-electron chi connectivity index (χ3n) is 3.93. The Morgan fingerprint density at radius 1 is 1.44 bits per heavy atom. The number of thiazole rings is 1. The van der Waals surface area contributed by atoms with Crippen molar-refractivity contribution >= 4 is 22.3 Å². The Morgan fingerprint density at radius 3 is 2.75 bits per heavy atom. The number of hydrogen-bond acceptors (Lipinski definition) is 4. The molecule has 2 aliphatic rings. The number of aromatic nitrogens is 1. The van der Waals surface area contributed by atoms with Crippen LogP contribution in [0, 0.1) is 11.8 Å². The van der Waals surface area contributed by atoms with Gasteiger partial charge in [-0.1, -0.05) is 6.42 Å². The maximum absolute atomic E-state index is 10.9. The quantitative estimate of drug-likeness (QED) is 0.829. The molecule has 4 nitrogen and oxygen atoms in total. The van der Waals surface area contributed by atoms with Gasteiger partial charge < -0.3 is 10.8 Å². The molecule has 3 rings (SSSR count). The number of carboxylic acid groups (broad SMARTS) is 1. The van der Waals surface area contributed by atoms with Crippen molar-refractivity contribution in [1.29, 1.82) is 0 Å². The molecule has 0 radical (unpaired) electrons. The van der Waals surface area contributed by atoms with Crippen LogP contribution < -0.4 is 5.73 Å². The van der Waals surface area contributed by atoms with Gasteiger partial charge in [0.2, 0.25) is 0 Å². The molecule has 1 aromatic rings. The van der Waals surface area contributed by atoms with Crippen molar-refractivity contribution in [2.75, 3.05) is 5.73 Å². The molecule has 2 bridgehead atoms. The van der Waals surface area contributed by atoms with Crippen LogP contribution in [-0.4, -0.2) is 16.1 Å². The van der Waals surface area contributed by atoms with Gasteiger partial charge in [-0.05, 0) is 31.1 Å². The summed E-state index contributed by atoms with van der Waals surface area (Å²) in [6.45, 7) is 0. The van der Waals surface area contributed by atoms with Crippen LogP contribution in [0.4, 0.5) is 5.00 Å². The standard InChI is InChI=1S/C11H14N2O2S/c12-9-8(11(14)15)13-10(16-9)7-4-5-1-2-6(7)3-5/h5-7H,1-4,12H2,(H,14,15). The molecule has 0 aromatic carbocycles. The van der Waals surface area contributed by atoms with Crippen molar-refractivity contribution in [2.24, 2.45) is 11.8 Å². The van der Waals surface area contributed by atoms with E-state index >= 15 is 0 Å². The molecule has 1 heterocycles. The summed E-state index contributed by atoms with van der Waals surface area (Å²) in [6, 6.07) is 0. The minimum absolute atomic E-state index is 0.0442. The first kappa shape index (κ1) is 10.1. The summed E-state index contributed by atoms with van der Waals surface area (Å²) in [5, 5.41) is 10.2. The second-order valence-electron chi connectivity index (χ2n) is 4.85. The van der Waals surface area contributed by atoms with Gasteiger partial charge in [0.15, 0.2) is 5.69 Å². The summed E-state index contributed by atoms with van der Waals surface area (Å²) >= 11 is 1.37. The van der Waals surface area contributed by atoms with Crippen molar-refractivity contribution in [1.82, 2.24) is 4.98 Å². The zero-order chi connectivity index (χ0) is 11.3. The van der Waals surface area contributed by atoms with E-state index in [0.29, 0.717) is 10.9 Å². The maximum atomic E-state index is 10.9. The fraction of sp³-hybridized carbons (Fsp3) is 0.636. The summed E-state index contributed by atoms with van der Waals surface area (Å²) in [7, 11) is 0. The molecule has 3 unspecified atom stereocenters. The van der Waals surface area contributed by atoms with E-state index in [0.717, 1.165) is 16.8 Å². The van der Waals surface area contributed by atoms with Crippen LogP contribution >= 0.6 is 11.3 Å². The molecular weight excluding hydrogens is 224 g/mol. The summed E-state index contributed by atoms with van der Waals surface area (Å²) in [6.07, 6.45) is 5.09. The van der Waals surface area contributed by atoms with Crippen LogP contribution in [0.25, 0.3) is 0 Å². The smallest absolute Gasteiger partial charge is 0.357 e. The highest BCUT2D eigenvalue weighted by Gasteiger charge is 2.42. The van der Waals surface area contributed by atoms with Gasteiger partial charge in [0, 0.05) is 5.92 Å². The molecule has 0 amide bonds. The topological polar surface area (TPSA) is 76.2 Å². The predicted molar refractivity (Wildman–Crippen MR) is 61.7 cm³/mol. The van der Waals surface area contributed by atoms with Gasteiger partial charge >= 0.3 is 5.97 Å². The average Bonchev–Trinajstić information content (AvgIpc) is 2.89. The monoisotopic (exact) mass is 238 g/mol. The number of nitrogen functional groups attached to an aromatic ring is 1. The molecular formula is C11H14N2O2S. The summed E-state index contributed by atoms with van der Waals surface area (Å²) < 4.78 is 0. The van der Waals surface area contributed by atoms with Gasteiger partial charge in [0.25, 0.3) is 0 Å². The highest BCUT2D eigenvalue weighted by atomic mass is 32.1. The summed E-state index contributed by atoms with van der Waals surface area (Å²) in [5.41, 5.74) is 5.73. The molecule has 2 aliphatic carbocycles. The molecule has 0 aliphatic heterocycles. The van der Waals surface area contributed by atoms with Crippen molar-refractivity contribution in [3.63, 3.8) is 0 Å². The Morgan fingerprint density at radius 2 is 2.25 bits per heavy atom. The first-order valence-electron chi connectivity index (χ1n) is 5.64. The van der Waals surface area contributed by atoms with E-state index in [1.807, 2.05) is 0 Å². The zero-order valence-electron chi connectivity index (χ0n) is 8.85. The molecule has 2 saturated carbocycles. The lowest BCUT2D eigenvalue weighted by Gasteiger charge is -2.18. The zero-order valence-corrected chi connectivity index (χ0v) is 9.67. The third kappa shape index (κ3) is 1.42. The van der Waals surface area contributed by atoms with Crippen molar-refractivity contribution in [3.05, 3.63) is 10.7 Å².